The third-order valence-electron chi connectivity index (χ3n) is 6.03. The maximum Gasteiger partial charge on any atom is 0.358 e. The number of nitrogens with zero attached hydrogens (tertiary/aromatic N) is 3. The van der Waals surface area contributed by atoms with Crippen molar-refractivity contribution in [1.29, 1.82) is 0 Å². The summed E-state index contributed by atoms with van der Waals surface area (Å²) in [6, 6.07) is 2.67. The monoisotopic (exact) mass is 530 g/mol. The molecule has 3 rings (SSSR count). The maximum absolute atomic E-state index is 13.4. The molecule has 204 valence electrons. The molecule has 0 spiro atoms. The van der Waals surface area contributed by atoms with E-state index in [1.165, 1.54) is 24.3 Å². The van der Waals surface area contributed by atoms with E-state index >= 15 is 0 Å². The summed E-state index contributed by atoms with van der Waals surface area (Å²) in [6.07, 6.45) is 0.0808. The van der Waals surface area contributed by atoms with Crippen LogP contribution in [0, 0.1) is 5.92 Å². The van der Waals surface area contributed by atoms with Crippen molar-refractivity contribution >= 4 is 47.6 Å². The second-order valence-electron chi connectivity index (χ2n) is 9.21. The Labute approximate surface area is 218 Å². The number of carboxylic acids is 1. The Kier molecular flexibility index (Phi) is 8.99. The molecule has 2 fully saturated rings. The Morgan fingerprint density at radius 3 is 2.39 bits per heavy atom. The van der Waals surface area contributed by atoms with E-state index in [0.29, 0.717) is 12.1 Å². The van der Waals surface area contributed by atoms with Gasteiger partial charge >= 0.3 is 12.0 Å². The van der Waals surface area contributed by atoms with Crippen LogP contribution in [0.1, 0.15) is 49.9 Å². The van der Waals surface area contributed by atoms with Gasteiger partial charge in [0.05, 0.1) is 19.0 Å². The van der Waals surface area contributed by atoms with E-state index in [1.807, 2.05) is 0 Å². The number of hydrogen-bond donors (Lipinski definition) is 4. The first-order valence-electron chi connectivity index (χ1n) is 12.1. The number of anilines is 1. The van der Waals surface area contributed by atoms with E-state index in [9.17, 15) is 33.6 Å². The predicted octanol–water partition coefficient (Wildman–Crippen LogP) is 0.118. The lowest BCUT2D eigenvalue weighted by molar-refractivity contribution is -0.155. The largest absolute Gasteiger partial charge is 0.481 e. The van der Waals surface area contributed by atoms with Crippen LogP contribution < -0.4 is 16.1 Å². The molecule has 0 unspecified atom stereocenters. The zero-order valence-electron chi connectivity index (χ0n) is 21.0. The first kappa shape index (κ1) is 28.1. The molecular formula is C24H30N6O8. The molecule has 14 heteroatoms. The molecule has 38 heavy (non-hydrogen) atoms. The molecule has 14 nitrogen and oxygen atoms in total. The van der Waals surface area contributed by atoms with Crippen molar-refractivity contribution in [3.8, 4) is 0 Å². The Hall–Kier alpha value is -4.49. The van der Waals surface area contributed by atoms with E-state index in [4.69, 9.17) is 5.11 Å². The average molecular weight is 531 g/mol. The number of aliphatic carboxylic acids is 1. The van der Waals surface area contributed by atoms with Gasteiger partial charge in [-0.15, -0.1) is 0 Å². The Morgan fingerprint density at radius 2 is 1.79 bits per heavy atom. The van der Waals surface area contributed by atoms with Gasteiger partial charge in [-0.3, -0.25) is 29.4 Å². The van der Waals surface area contributed by atoms with Gasteiger partial charge in [-0.25, -0.2) is 19.8 Å². The number of benzene rings is 1. The van der Waals surface area contributed by atoms with Gasteiger partial charge in [-0.05, 0) is 37.1 Å². The summed E-state index contributed by atoms with van der Waals surface area (Å²) in [7, 11) is 0. The summed E-state index contributed by atoms with van der Waals surface area (Å²) >= 11 is 0. The van der Waals surface area contributed by atoms with Gasteiger partial charge in [0.25, 0.3) is 5.91 Å². The molecule has 1 aromatic carbocycles. The van der Waals surface area contributed by atoms with Crippen LogP contribution in [0.5, 0.6) is 0 Å². The topological polar surface area (TPSA) is 186 Å². The molecule has 0 radical (unpaired) electrons. The fourth-order valence-electron chi connectivity index (χ4n) is 3.99. The molecule has 6 amide bonds. The number of carboxylic acid groups (broad SMARTS) is 1. The maximum atomic E-state index is 13.4. The van der Waals surface area contributed by atoms with Gasteiger partial charge in [0.2, 0.25) is 17.7 Å². The van der Waals surface area contributed by atoms with Crippen molar-refractivity contribution < 1.29 is 38.7 Å². The van der Waals surface area contributed by atoms with Crippen LogP contribution in [0.25, 0.3) is 0 Å². The highest BCUT2D eigenvalue weighted by Gasteiger charge is 2.44. The van der Waals surface area contributed by atoms with Crippen molar-refractivity contribution in [2.75, 3.05) is 18.4 Å². The Morgan fingerprint density at radius 1 is 1.11 bits per heavy atom. The first-order chi connectivity index (χ1) is 18.0. The molecule has 2 saturated heterocycles. The second-order valence-corrected chi connectivity index (χ2v) is 9.21. The number of aldehydes is 1. The normalized spacial score (nSPS) is 18.3. The third-order valence-corrected chi connectivity index (χ3v) is 6.03. The lowest BCUT2D eigenvalue weighted by Gasteiger charge is -2.42. The molecule has 0 aliphatic carbocycles. The molecule has 2 aliphatic heterocycles. The van der Waals surface area contributed by atoms with Crippen LogP contribution in [0.15, 0.2) is 24.3 Å². The number of hydrazine groups is 2. The number of fused-ring (bicyclic) bond motifs is 1. The van der Waals surface area contributed by atoms with E-state index in [2.05, 4.69) is 16.1 Å². The molecule has 0 bridgehead atoms. The Balaban J connectivity index is 1.75. The zero-order chi connectivity index (χ0) is 28.0. The van der Waals surface area contributed by atoms with Crippen molar-refractivity contribution in [1.82, 2.24) is 25.8 Å². The van der Waals surface area contributed by atoms with Gasteiger partial charge in [0, 0.05) is 30.1 Å². The summed E-state index contributed by atoms with van der Waals surface area (Å²) in [5.74, 6) is -3.58. The van der Waals surface area contributed by atoms with Gasteiger partial charge in [0.1, 0.15) is 12.3 Å². The number of amides is 6. The summed E-state index contributed by atoms with van der Waals surface area (Å²) in [5.41, 5.74) is 3.14. The number of carbonyl (C=O) groups is 7. The number of nitrogens with one attached hydrogen (secondary N) is 3. The highest BCUT2D eigenvalue weighted by molar-refractivity contribution is 5.98. The fourth-order valence-corrected chi connectivity index (χ4v) is 3.99. The van der Waals surface area contributed by atoms with E-state index in [-0.39, 0.29) is 49.6 Å². The average Bonchev–Trinajstić information content (AvgIpc) is 3.00. The van der Waals surface area contributed by atoms with Crippen LogP contribution in [0.4, 0.5) is 10.5 Å². The summed E-state index contributed by atoms with van der Waals surface area (Å²) in [6.45, 7) is 3.51. The molecule has 0 aromatic heterocycles. The molecule has 2 aliphatic rings. The molecular weight excluding hydrogens is 500 g/mol. The lowest BCUT2D eigenvalue weighted by atomic mass is 10.1. The van der Waals surface area contributed by atoms with Crippen LogP contribution >= 0.6 is 0 Å². The first-order valence-corrected chi connectivity index (χ1v) is 12.1. The van der Waals surface area contributed by atoms with E-state index in [0.717, 1.165) is 15.0 Å². The van der Waals surface area contributed by atoms with E-state index < -0.39 is 48.2 Å². The molecule has 2 atom stereocenters. The lowest BCUT2D eigenvalue weighted by Crippen LogP contribution is -2.64. The minimum absolute atomic E-state index is 0.118. The molecule has 0 saturated carbocycles. The second kappa shape index (κ2) is 12.2. The molecule has 4 N–H and O–H groups in total. The van der Waals surface area contributed by atoms with Gasteiger partial charge < -0.3 is 20.5 Å². The van der Waals surface area contributed by atoms with Gasteiger partial charge in [-0.1, -0.05) is 13.8 Å². The minimum atomic E-state index is -1.31. The highest BCUT2D eigenvalue weighted by Crippen LogP contribution is 2.24. The quantitative estimate of drug-likeness (QED) is 0.324. The summed E-state index contributed by atoms with van der Waals surface area (Å²) < 4.78 is 0. The molecule has 1 aromatic rings. The number of urea groups is 1. The van der Waals surface area contributed by atoms with Crippen LogP contribution in [-0.2, 0) is 24.0 Å². The number of carbonyl (C=O) groups excluding carboxylic acids is 6. The van der Waals surface area contributed by atoms with Gasteiger partial charge in [-0.2, -0.15) is 0 Å². The molecule has 2 heterocycles. The zero-order valence-corrected chi connectivity index (χ0v) is 21.0. The van der Waals surface area contributed by atoms with Gasteiger partial charge in [0.15, 0.2) is 0 Å². The summed E-state index contributed by atoms with van der Waals surface area (Å²) in [5, 5.41) is 17.0. The smallest absolute Gasteiger partial charge is 0.358 e. The van der Waals surface area contributed by atoms with Crippen molar-refractivity contribution in [3.05, 3.63) is 29.8 Å². The SMILES string of the molecule is CC(C)C(=O)Nc1ccc(C(=O)NN2CCC(=O)N3CCC[C@@H](C(=O)N[C@H](C=O)CC(=O)O)N3C2=O)cc1. The Bertz CT molecular complexity index is 1120. The number of hydrogen-bond acceptors (Lipinski definition) is 7. The van der Waals surface area contributed by atoms with Crippen molar-refractivity contribution in [3.63, 3.8) is 0 Å². The third kappa shape index (κ3) is 6.63. The fraction of sp³-hybridized carbons (Fsp3) is 0.458. The van der Waals surface area contributed by atoms with Crippen molar-refractivity contribution in [2.45, 2.75) is 51.6 Å². The predicted molar refractivity (Wildman–Crippen MR) is 131 cm³/mol. The number of rotatable bonds is 9. The highest BCUT2D eigenvalue weighted by atomic mass is 16.4. The minimum Gasteiger partial charge on any atom is -0.481 e. The van der Waals surface area contributed by atoms with Crippen LogP contribution in [-0.4, -0.2) is 87.2 Å². The van der Waals surface area contributed by atoms with Crippen molar-refractivity contribution in [2.24, 2.45) is 5.92 Å². The van der Waals surface area contributed by atoms with E-state index in [1.54, 1.807) is 13.8 Å². The van der Waals surface area contributed by atoms with Crippen LogP contribution in [0.2, 0.25) is 0 Å². The summed E-state index contributed by atoms with van der Waals surface area (Å²) in [4.78, 5) is 86.0. The standard InChI is InChI=1S/C24H30N6O8/c1-14(2)21(35)25-16-7-5-15(6-8-16)22(36)27-28-11-9-19(32)29-10-3-4-18(30(29)24(28)38)23(37)26-17(13-31)12-20(33)34/h5-8,13-14,17-18H,3-4,9-12H2,1-2H3,(H,25,35)(H,26,37)(H,27,36)(H,33,34)/t17-,18-/m0/s1. The van der Waals surface area contributed by atoms with Crippen LogP contribution in [0.3, 0.4) is 0 Å².